The van der Waals surface area contributed by atoms with Crippen LogP contribution in [0, 0.1) is 0 Å². The molecular formula is C36H21NOS. The summed E-state index contributed by atoms with van der Waals surface area (Å²) in [5, 5.41) is 7.53. The van der Waals surface area contributed by atoms with Crippen LogP contribution in [0.5, 0.6) is 0 Å². The first-order valence-electron chi connectivity index (χ1n) is 13.2. The minimum absolute atomic E-state index is 0.942. The van der Waals surface area contributed by atoms with Crippen molar-refractivity contribution in [1.29, 1.82) is 0 Å². The van der Waals surface area contributed by atoms with Crippen LogP contribution in [-0.4, -0.2) is 4.57 Å². The molecule has 0 atom stereocenters. The highest BCUT2D eigenvalue weighted by molar-refractivity contribution is 7.27. The highest BCUT2D eigenvalue weighted by Crippen LogP contribution is 2.45. The second kappa shape index (κ2) is 7.83. The average molecular weight is 516 g/mol. The number of hydrogen-bond donors (Lipinski definition) is 0. The van der Waals surface area contributed by atoms with Gasteiger partial charge in [0.25, 0.3) is 0 Å². The Labute approximate surface area is 227 Å². The van der Waals surface area contributed by atoms with Crippen molar-refractivity contribution in [3.8, 4) is 16.8 Å². The first-order valence-corrected chi connectivity index (χ1v) is 14.0. The molecule has 0 aliphatic heterocycles. The lowest BCUT2D eigenvalue weighted by atomic mass is 10.0. The summed E-state index contributed by atoms with van der Waals surface area (Å²) in [5.74, 6) is 0. The Kier molecular flexibility index (Phi) is 4.24. The molecule has 3 aromatic heterocycles. The molecule has 0 unspecified atom stereocenters. The molecule has 39 heavy (non-hydrogen) atoms. The molecule has 0 N–H and O–H groups in total. The van der Waals surface area contributed by atoms with Gasteiger partial charge in [0.15, 0.2) is 0 Å². The molecule has 0 amide bonds. The van der Waals surface area contributed by atoms with Crippen LogP contribution in [0.4, 0.5) is 0 Å². The summed E-state index contributed by atoms with van der Waals surface area (Å²) in [6, 6.07) is 45.7. The number of fused-ring (bicyclic) bond motifs is 10. The minimum Gasteiger partial charge on any atom is -0.456 e. The highest BCUT2D eigenvalue weighted by atomic mass is 32.1. The van der Waals surface area contributed by atoms with Gasteiger partial charge in [0.05, 0.1) is 11.0 Å². The Morgan fingerprint density at radius 1 is 0.487 bits per heavy atom. The third kappa shape index (κ3) is 2.91. The van der Waals surface area contributed by atoms with Gasteiger partial charge in [-0.2, -0.15) is 0 Å². The van der Waals surface area contributed by atoms with E-state index in [1.807, 2.05) is 17.4 Å². The Bertz CT molecular complexity index is 2390. The van der Waals surface area contributed by atoms with Crippen LogP contribution in [0.2, 0.25) is 0 Å². The number of furan rings is 1. The number of aromatic nitrogens is 1. The van der Waals surface area contributed by atoms with Gasteiger partial charge in [0.1, 0.15) is 11.2 Å². The molecule has 0 saturated carbocycles. The topological polar surface area (TPSA) is 18.1 Å². The predicted octanol–water partition coefficient (Wildman–Crippen LogP) is 10.7. The quantitative estimate of drug-likeness (QED) is 0.224. The van der Waals surface area contributed by atoms with E-state index in [0.29, 0.717) is 0 Å². The smallest absolute Gasteiger partial charge is 0.136 e. The van der Waals surface area contributed by atoms with E-state index in [1.54, 1.807) is 0 Å². The number of hydrogen-bond acceptors (Lipinski definition) is 2. The molecule has 3 heteroatoms. The molecule has 182 valence electrons. The third-order valence-corrected chi connectivity index (χ3v) is 9.28. The molecule has 0 aliphatic rings. The van der Waals surface area contributed by atoms with Crippen molar-refractivity contribution in [2.24, 2.45) is 0 Å². The number of thiophene rings is 1. The van der Waals surface area contributed by atoms with Crippen LogP contribution in [-0.2, 0) is 0 Å². The monoisotopic (exact) mass is 515 g/mol. The lowest BCUT2D eigenvalue weighted by Crippen LogP contribution is -1.93. The second-order valence-corrected chi connectivity index (χ2v) is 11.1. The van der Waals surface area contributed by atoms with Crippen LogP contribution in [0.3, 0.4) is 0 Å². The molecule has 9 rings (SSSR count). The van der Waals surface area contributed by atoms with Gasteiger partial charge < -0.3 is 8.98 Å². The van der Waals surface area contributed by atoms with Gasteiger partial charge in [0, 0.05) is 47.4 Å². The van der Waals surface area contributed by atoms with Crippen molar-refractivity contribution in [2.75, 3.05) is 0 Å². The molecule has 0 spiro atoms. The minimum atomic E-state index is 0.942. The van der Waals surface area contributed by atoms with Crippen LogP contribution in [0.15, 0.2) is 132 Å². The van der Waals surface area contributed by atoms with Gasteiger partial charge in [-0.05, 0) is 53.6 Å². The van der Waals surface area contributed by atoms with E-state index in [4.69, 9.17) is 4.42 Å². The van der Waals surface area contributed by atoms with Crippen LogP contribution in [0.1, 0.15) is 0 Å². The summed E-state index contributed by atoms with van der Waals surface area (Å²) >= 11 is 1.88. The van der Waals surface area contributed by atoms with Crippen LogP contribution < -0.4 is 0 Å². The largest absolute Gasteiger partial charge is 0.456 e. The molecule has 0 bridgehead atoms. The Balaban J connectivity index is 1.35. The van der Waals surface area contributed by atoms with E-state index in [0.717, 1.165) is 11.2 Å². The summed E-state index contributed by atoms with van der Waals surface area (Å²) in [7, 11) is 0. The Morgan fingerprint density at radius 2 is 1.21 bits per heavy atom. The summed E-state index contributed by atoms with van der Waals surface area (Å²) in [4.78, 5) is 0. The van der Waals surface area contributed by atoms with Crippen molar-refractivity contribution >= 4 is 75.3 Å². The maximum atomic E-state index is 6.21. The zero-order valence-electron chi connectivity index (χ0n) is 20.9. The van der Waals surface area contributed by atoms with Gasteiger partial charge in [-0.1, -0.05) is 84.9 Å². The molecule has 0 fully saturated rings. The van der Waals surface area contributed by atoms with Crippen LogP contribution >= 0.6 is 11.3 Å². The van der Waals surface area contributed by atoms with Crippen molar-refractivity contribution in [3.63, 3.8) is 0 Å². The summed E-state index contributed by atoms with van der Waals surface area (Å²) in [6.07, 6.45) is 0. The number of rotatable bonds is 2. The number of benzene rings is 6. The second-order valence-electron chi connectivity index (χ2n) is 10.1. The lowest BCUT2D eigenvalue weighted by molar-refractivity contribution is 0.669. The van der Waals surface area contributed by atoms with Crippen molar-refractivity contribution < 1.29 is 4.42 Å². The first kappa shape index (κ1) is 21.1. The van der Waals surface area contributed by atoms with Crippen molar-refractivity contribution in [3.05, 3.63) is 127 Å². The maximum Gasteiger partial charge on any atom is 0.136 e. The molecule has 9 aromatic rings. The van der Waals surface area contributed by atoms with E-state index >= 15 is 0 Å². The SMILES string of the molecule is c1ccc(-n2c3ccccc3c3ccc(-c4cccc5c4sc4c5ccc5oc6ccccc6c54)cc32)cc1. The molecule has 6 aromatic carbocycles. The zero-order valence-corrected chi connectivity index (χ0v) is 21.7. The van der Waals surface area contributed by atoms with Gasteiger partial charge in [-0.15, -0.1) is 11.3 Å². The molecule has 0 radical (unpaired) electrons. The molecule has 3 heterocycles. The summed E-state index contributed by atoms with van der Waals surface area (Å²) in [6.45, 7) is 0. The fraction of sp³-hybridized carbons (Fsp3) is 0. The van der Waals surface area contributed by atoms with Crippen molar-refractivity contribution in [2.45, 2.75) is 0 Å². The van der Waals surface area contributed by atoms with Crippen molar-refractivity contribution in [1.82, 2.24) is 4.57 Å². The van der Waals surface area contributed by atoms with Gasteiger partial charge >= 0.3 is 0 Å². The van der Waals surface area contributed by atoms with E-state index in [-0.39, 0.29) is 0 Å². The normalized spacial score (nSPS) is 12.1. The fourth-order valence-electron chi connectivity index (χ4n) is 6.29. The summed E-state index contributed by atoms with van der Waals surface area (Å²) in [5.41, 5.74) is 8.01. The maximum absolute atomic E-state index is 6.21. The third-order valence-electron chi connectivity index (χ3n) is 8.00. The highest BCUT2D eigenvalue weighted by Gasteiger charge is 2.18. The van der Waals surface area contributed by atoms with E-state index in [2.05, 4.69) is 126 Å². The van der Waals surface area contributed by atoms with Gasteiger partial charge in [-0.3, -0.25) is 0 Å². The first-order chi connectivity index (χ1) is 19.3. The van der Waals surface area contributed by atoms with E-state index in [1.165, 1.54) is 69.6 Å². The van der Waals surface area contributed by atoms with Crippen LogP contribution in [0.25, 0.3) is 80.7 Å². The molecular weight excluding hydrogens is 494 g/mol. The van der Waals surface area contributed by atoms with E-state index in [9.17, 15) is 0 Å². The van der Waals surface area contributed by atoms with Gasteiger partial charge in [0.2, 0.25) is 0 Å². The van der Waals surface area contributed by atoms with E-state index < -0.39 is 0 Å². The lowest BCUT2D eigenvalue weighted by Gasteiger charge is -2.09. The predicted molar refractivity (Wildman–Crippen MR) is 166 cm³/mol. The van der Waals surface area contributed by atoms with Gasteiger partial charge in [-0.25, -0.2) is 0 Å². The standard InChI is InChI=1S/C36H21NOS/c1-2-9-23(10-3-1)37-30-15-6-4-11-25(30)26-18-17-22(21-31(26)37)24-13-8-14-27-28-19-20-33-34(36(28)39-35(24)27)29-12-5-7-16-32(29)38-33/h1-21H. The Morgan fingerprint density at radius 3 is 2.13 bits per heavy atom. The number of para-hydroxylation sites is 3. The average Bonchev–Trinajstić information content (AvgIpc) is 3.66. The molecule has 0 aliphatic carbocycles. The fourth-order valence-corrected chi connectivity index (χ4v) is 7.67. The zero-order chi connectivity index (χ0) is 25.5. The summed E-state index contributed by atoms with van der Waals surface area (Å²) < 4.78 is 11.2. The molecule has 0 saturated heterocycles. The molecule has 2 nitrogen and oxygen atoms in total. The number of nitrogens with zero attached hydrogens (tertiary/aromatic N) is 1. The Hall–Kier alpha value is -4.86.